The van der Waals surface area contributed by atoms with Crippen LogP contribution in [0.4, 0.5) is 0 Å². The smallest absolute Gasteiger partial charge is 0.209 e. The molecular weight excluding hydrogens is 132 g/mol. The molecule has 0 saturated carbocycles. The van der Waals surface area contributed by atoms with Crippen LogP contribution in [0.1, 0.15) is 6.92 Å². The van der Waals surface area contributed by atoms with Gasteiger partial charge in [-0.1, -0.05) is 0 Å². The summed E-state index contributed by atoms with van der Waals surface area (Å²) in [5, 5.41) is 0. The Hall–Kier alpha value is -0.610. The quantitative estimate of drug-likeness (QED) is 0.498. The molecule has 1 N–H and O–H groups in total. The predicted octanol–water partition coefficient (Wildman–Crippen LogP) is -0.632. The van der Waals surface area contributed by atoms with E-state index in [2.05, 4.69) is 5.48 Å². The van der Waals surface area contributed by atoms with Crippen LogP contribution in [0, 0.1) is 0 Å². The molecule has 0 bridgehead atoms. The van der Waals surface area contributed by atoms with E-state index in [1.165, 1.54) is 0 Å². The fraction of sp³-hybridized carbons (Fsp3) is 0.833. The Bertz CT molecular complexity index is 118. The highest BCUT2D eigenvalue weighted by Gasteiger charge is 2.11. The van der Waals surface area contributed by atoms with E-state index in [-0.39, 0.29) is 6.10 Å². The van der Waals surface area contributed by atoms with Crippen molar-refractivity contribution in [2.45, 2.75) is 13.0 Å². The first-order valence-corrected chi connectivity index (χ1v) is 3.41. The number of hydrogen-bond acceptors (Lipinski definition) is 3. The molecule has 0 radical (unpaired) electrons. The van der Waals surface area contributed by atoms with Gasteiger partial charge in [-0.2, -0.15) is 0 Å². The van der Waals surface area contributed by atoms with Gasteiger partial charge in [-0.05, 0) is 6.92 Å². The SMILES string of the molecule is C[C@H]1CN(C=O)CCNO1. The van der Waals surface area contributed by atoms with Gasteiger partial charge in [0, 0.05) is 19.6 Å². The molecule has 4 nitrogen and oxygen atoms in total. The van der Waals surface area contributed by atoms with Crippen LogP contribution in [0.2, 0.25) is 0 Å². The topological polar surface area (TPSA) is 41.6 Å². The van der Waals surface area contributed by atoms with Crippen LogP contribution in [-0.2, 0) is 9.63 Å². The summed E-state index contributed by atoms with van der Waals surface area (Å²) in [6.07, 6.45) is 0.944. The maximum atomic E-state index is 10.3. The van der Waals surface area contributed by atoms with Gasteiger partial charge in [0.1, 0.15) is 0 Å². The molecule has 4 heteroatoms. The summed E-state index contributed by atoms with van der Waals surface area (Å²) in [6.45, 7) is 4.04. The van der Waals surface area contributed by atoms with Crippen molar-refractivity contribution in [1.29, 1.82) is 0 Å². The van der Waals surface area contributed by atoms with Crippen LogP contribution in [0.25, 0.3) is 0 Å². The van der Waals surface area contributed by atoms with Gasteiger partial charge in [0.2, 0.25) is 6.41 Å². The Labute approximate surface area is 60.1 Å². The molecule has 10 heavy (non-hydrogen) atoms. The van der Waals surface area contributed by atoms with Crippen molar-refractivity contribution >= 4 is 6.41 Å². The maximum absolute atomic E-state index is 10.3. The molecule has 1 saturated heterocycles. The van der Waals surface area contributed by atoms with Crippen LogP contribution in [0.5, 0.6) is 0 Å². The van der Waals surface area contributed by atoms with Crippen molar-refractivity contribution in [3.63, 3.8) is 0 Å². The number of amides is 1. The van der Waals surface area contributed by atoms with Gasteiger partial charge >= 0.3 is 0 Å². The Morgan fingerprint density at radius 2 is 2.60 bits per heavy atom. The molecule has 1 aliphatic heterocycles. The summed E-state index contributed by atoms with van der Waals surface area (Å²) in [5.41, 5.74) is 2.76. The summed E-state index contributed by atoms with van der Waals surface area (Å²) in [7, 11) is 0. The van der Waals surface area contributed by atoms with Crippen molar-refractivity contribution in [2.75, 3.05) is 19.6 Å². The highest BCUT2D eigenvalue weighted by molar-refractivity contribution is 5.47. The number of hydrogen-bond donors (Lipinski definition) is 1. The number of nitrogens with one attached hydrogen (secondary N) is 1. The van der Waals surface area contributed by atoms with Crippen molar-refractivity contribution in [3.8, 4) is 0 Å². The Kier molecular flexibility index (Phi) is 2.65. The van der Waals surface area contributed by atoms with Gasteiger partial charge in [0.15, 0.2) is 0 Å². The number of rotatable bonds is 1. The monoisotopic (exact) mass is 144 g/mol. The van der Waals surface area contributed by atoms with E-state index >= 15 is 0 Å². The molecule has 1 atom stereocenters. The molecule has 1 heterocycles. The molecule has 1 aliphatic rings. The van der Waals surface area contributed by atoms with E-state index in [9.17, 15) is 4.79 Å². The lowest BCUT2D eigenvalue weighted by molar-refractivity contribution is -0.118. The van der Waals surface area contributed by atoms with Crippen molar-refractivity contribution in [3.05, 3.63) is 0 Å². The fourth-order valence-corrected chi connectivity index (χ4v) is 0.945. The predicted molar refractivity (Wildman–Crippen MR) is 36.2 cm³/mol. The van der Waals surface area contributed by atoms with E-state index in [4.69, 9.17) is 4.84 Å². The zero-order valence-electron chi connectivity index (χ0n) is 6.04. The molecule has 1 rings (SSSR count). The van der Waals surface area contributed by atoms with Crippen molar-refractivity contribution in [1.82, 2.24) is 10.4 Å². The van der Waals surface area contributed by atoms with Crippen molar-refractivity contribution < 1.29 is 9.63 Å². The molecule has 0 aromatic rings. The highest BCUT2D eigenvalue weighted by atomic mass is 16.7. The molecule has 0 aliphatic carbocycles. The van der Waals surface area contributed by atoms with E-state index in [1.54, 1.807) is 4.90 Å². The third-order valence-electron chi connectivity index (χ3n) is 1.43. The highest BCUT2D eigenvalue weighted by Crippen LogP contribution is 1.95. The first-order valence-electron chi connectivity index (χ1n) is 3.41. The van der Waals surface area contributed by atoms with E-state index < -0.39 is 0 Å². The Morgan fingerprint density at radius 1 is 1.80 bits per heavy atom. The molecule has 1 amide bonds. The minimum absolute atomic E-state index is 0.0905. The zero-order chi connectivity index (χ0) is 7.40. The van der Waals surface area contributed by atoms with Crippen LogP contribution in [-0.4, -0.2) is 37.0 Å². The third-order valence-corrected chi connectivity index (χ3v) is 1.43. The normalized spacial score (nSPS) is 27.7. The van der Waals surface area contributed by atoms with Gasteiger partial charge in [-0.3, -0.25) is 9.63 Å². The van der Waals surface area contributed by atoms with Gasteiger partial charge in [0.25, 0.3) is 0 Å². The van der Waals surface area contributed by atoms with Crippen LogP contribution >= 0.6 is 0 Å². The van der Waals surface area contributed by atoms with Crippen LogP contribution < -0.4 is 5.48 Å². The molecule has 0 spiro atoms. The van der Waals surface area contributed by atoms with Gasteiger partial charge < -0.3 is 4.90 Å². The lowest BCUT2D eigenvalue weighted by Gasteiger charge is -2.14. The van der Waals surface area contributed by atoms with E-state index in [0.29, 0.717) is 13.1 Å². The Morgan fingerprint density at radius 3 is 3.30 bits per heavy atom. The number of hydroxylamine groups is 1. The summed E-state index contributed by atoms with van der Waals surface area (Å²) in [5.74, 6) is 0. The fourth-order valence-electron chi connectivity index (χ4n) is 0.945. The lowest BCUT2D eigenvalue weighted by atomic mass is 10.4. The largest absolute Gasteiger partial charge is 0.341 e. The van der Waals surface area contributed by atoms with Crippen molar-refractivity contribution in [2.24, 2.45) is 0 Å². The average molecular weight is 144 g/mol. The summed E-state index contributed by atoms with van der Waals surface area (Å²) >= 11 is 0. The second kappa shape index (κ2) is 3.53. The number of nitrogens with zero attached hydrogens (tertiary/aromatic N) is 1. The second-order valence-electron chi connectivity index (χ2n) is 2.42. The first kappa shape index (κ1) is 7.50. The lowest BCUT2D eigenvalue weighted by Crippen LogP contribution is -2.29. The third kappa shape index (κ3) is 1.97. The minimum Gasteiger partial charge on any atom is -0.341 e. The molecular formula is C6H12N2O2. The standard InChI is InChI=1S/C6H12N2O2/c1-6-4-8(5-9)3-2-7-10-6/h5-7H,2-4H2,1H3/t6-/m0/s1. The first-order chi connectivity index (χ1) is 4.83. The Balaban J connectivity index is 2.37. The molecule has 0 aromatic heterocycles. The molecule has 0 unspecified atom stereocenters. The summed E-state index contributed by atoms with van der Waals surface area (Å²) < 4.78 is 0. The minimum atomic E-state index is 0.0905. The number of carbonyl (C=O) groups excluding carboxylic acids is 1. The van der Waals surface area contributed by atoms with Gasteiger partial charge in [-0.25, -0.2) is 5.48 Å². The van der Waals surface area contributed by atoms with Crippen LogP contribution in [0.15, 0.2) is 0 Å². The maximum Gasteiger partial charge on any atom is 0.209 e. The van der Waals surface area contributed by atoms with Crippen LogP contribution in [0.3, 0.4) is 0 Å². The van der Waals surface area contributed by atoms with Gasteiger partial charge in [-0.15, -0.1) is 0 Å². The van der Waals surface area contributed by atoms with Gasteiger partial charge in [0.05, 0.1) is 6.10 Å². The zero-order valence-corrected chi connectivity index (χ0v) is 6.04. The molecule has 58 valence electrons. The summed E-state index contributed by atoms with van der Waals surface area (Å²) in [4.78, 5) is 17.1. The average Bonchev–Trinajstić information content (AvgIpc) is 2.13. The summed E-state index contributed by atoms with van der Waals surface area (Å²) in [6, 6.07) is 0. The van der Waals surface area contributed by atoms with E-state index in [1.807, 2.05) is 6.92 Å². The molecule has 1 fully saturated rings. The van der Waals surface area contributed by atoms with E-state index in [0.717, 1.165) is 13.0 Å². The number of carbonyl (C=O) groups is 1. The second-order valence-corrected chi connectivity index (χ2v) is 2.42. The molecule has 0 aromatic carbocycles.